The van der Waals surface area contributed by atoms with Crippen LogP contribution in [0.4, 0.5) is 0 Å². The Morgan fingerprint density at radius 3 is 2.36 bits per heavy atom. The first kappa shape index (κ1) is 8.65. The Morgan fingerprint density at radius 2 is 2.09 bits per heavy atom. The second-order valence-corrected chi connectivity index (χ2v) is 4.30. The van der Waals surface area contributed by atoms with Crippen LogP contribution in [0.3, 0.4) is 0 Å². The van der Waals surface area contributed by atoms with Crippen LogP contribution in [-0.2, 0) is 5.54 Å². The summed E-state index contributed by atoms with van der Waals surface area (Å²) in [6.07, 6.45) is 4.06. The molecule has 0 N–H and O–H groups in total. The van der Waals surface area contributed by atoms with Gasteiger partial charge in [0.05, 0.1) is 5.54 Å². The third kappa shape index (κ3) is 1.99. The molecule has 0 amide bonds. The Kier molecular flexibility index (Phi) is 2.28. The number of rotatable bonds is 1. The molecule has 0 saturated carbocycles. The summed E-state index contributed by atoms with van der Waals surface area (Å²) in [5.41, 5.74) is 0.105. The minimum absolute atomic E-state index is 0.105. The molecule has 0 aliphatic rings. The van der Waals surface area contributed by atoms with Crippen LogP contribution in [0.15, 0.2) is 17.3 Å². The normalized spacial score (nSPS) is 12.0. The fraction of sp³-hybridized carbons (Fsp3) is 0.625. The molecular formula is C8H14N2S. The maximum Gasteiger partial charge on any atom is 0.118 e. The summed E-state index contributed by atoms with van der Waals surface area (Å²) >= 11 is 1.67. The number of aromatic nitrogens is 2. The van der Waals surface area contributed by atoms with Crippen molar-refractivity contribution in [1.82, 2.24) is 9.78 Å². The Balaban J connectivity index is 2.89. The molecule has 1 heterocycles. The Labute approximate surface area is 72.0 Å². The van der Waals surface area contributed by atoms with E-state index < -0.39 is 0 Å². The molecule has 0 aromatic carbocycles. The smallest absolute Gasteiger partial charge is 0.118 e. The molecule has 0 aliphatic carbocycles. The van der Waals surface area contributed by atoms with Crippen LogP contribution in [0.1, 0.15) is 20.8 Å². The molecule has 1 aromatic rings. The van der Waals surface area contributed by atoms with Gasteiger partial charge in [-0.2, -0.15) is 5.10 Å². The van der Waals surface area contributed by atoms with Crippen molar-refractivity contribution in [3.8, 4) is 0 Å². The van der Waals surface area contributed by atoms with E-state index >= 15 is 0 Å². The number of hydrogen-bond donors (Lipinski definition) is 0. The molecule has 1 rings (SSSR count). The molecule has 0 saturated heterocycles. The fourth-order valence-electron chi connectivity index (χ4n) is 0.790. The maximum absolute atomic E-state index is 4.38. The van der Waals surface area contributed by atoms with E-state index in [1.54, 1.807) is 11.8 Å². The average molecular weight is 170 g/mol. The van der Waals surface area contributed by atoms with Crippen LogP contribution in [0.2, 0.25) is 0 Å². The van der Waals surface area contributed by atoms with Crippen LogP contribution in [-0.4, -0.2) is 16.0 Å². The highest BCUT2D eigenvalue weighted by Crippen LogP contribution is 2.16. The quantitative estimate of drug-likeness (QED) is 0.602. The van der Waals surface area contributed by atoms with Crippen LogP contribution in [0.25, 0.3) is 0 Å². The molecule has 0 aliphatic heterocycles. The van der Waals surface area contributed by atoms with Gasteiger partial charge in [0.15, 0.2) is 0 Å². The largest absolute Gasteiger partial charge is 0.266 e. The summed E-state index contributed by atoms with van der Waals surface area (Å²) < 4.78 is 1.98. The molecule has 0 radical (unpaired) electrons. The highest BCUT2D eigenvalue weighted by Gasteiger charge is 2.13. The van der Waals surface area contributed by atoms with E-state index in [4.69, 9.17) is 0 Å². The van der Waals surface area contributed by atoms with Crippen LogP contribution in [0, 0.1) is 0 Å². The van der Waals surface area contributed by atoms with E-state index in [0.29, 0.717) is 0 Å². The standard InChI is InChI=1S/C8H14N2S/c1-8(2,3)10-6-5-7(9-10)11-4/h5-6H,1-4H3. The molecule has 2 nitrogen and oxygen atoms in total. The van der Waals surface area contributed by atoms with E-state index in [0.717, 1.165) is 5.03 Å². The van der Waals surface area contributed by atoms with E-state index in [9.17, 15) is 0 Å². The van der Waals surface area contributed by atoms with Gasteiger partial charge in [0.1, 0.15) is 5.03 Å². The first-order valence-corrected chi connectivity index (χ1v) is 4.86. The first-order chi connectivity index (χ1) is 5.04. The second kappa shape index (κ2) is 2.89. The van der Waals surface area contributed by atoms with E-state index in [1.807, 2.05) is 23.2 Å². The van der Waals surface area contributed by atoms with Gasteiger partial charge < -0.3 is 0 Å². The summed E-state index contributed by atoms with van der Waals surface area (Å²) in [6.45, 7) is 6.43. The predicted octanol–water partition coefficient (Wildman–Crippen LogP) is 2.36. The van der Waals surface area contributed by atoms with E-state index in [2.05, 4.69) is 25.9 Å². The number of hydrogen-bond acceptors (Lipinski definition) is 2. The fourth-order valence-corrected chi connectivity index (χ4v) is 1.16. The third-order valence-electron chi connectivity index (χ3n) is 1.46. The number of thioether (sulfide) groups is 1. The molecule has 0 bridgehead atoms. The third-order valence-corrected chi connectivity index (χ3v) is 2.10. The van der Waals surface area contributed by atoms with Crippen molar-refractivity contribution in [2.75, 3.05) is 6.26 Å². The van der Waals surface area contributed by atoms with Gasteiger partial charge in [-0.05, 0) is 33.1 Å². The monoisotopic (exact) mass is 170 g/mol. The summed E-state index contributed by atoms with van der Waals surface area (Å²) in [5, 5.41) is 5.46. The zero-order valence-corrected chi connectivity index (χ0v) is 8.27. The molecule has 0 atom stereocenters. The van der Waals surface area contributed by atoms with Gasteiger partial charge in [-0.1, -0.05) is 0 Å². The van der Waals surface area contributed by atoms with Gasteiger partial charge in [-0.25, -0.2) is 0 Å². The van der Waals surface area contributed by atoms with Crippen LogP contribution >= 0.6 is 11.8 Å². The maximum atomic E-state index is 4.38. The second-order valence-electron chi connectivity index (χ2n) is 3.47. The Hall–Kier alpha value is -0.440. The van der Waals surface area contributed by atoms with Gasteiger partial charge >= 0.3 is 0 Å². The molecule has 0 spiro atoms. The van der Waals surface area contributed by atoms with Crippen molar-refractivity contribution in [3.05, 3.63) is 12.3 Å². The minimum Gasteiger partial charge on any atom is -0.266 e. The Bertz CT molecular complexity index is 234. The van der Waals surface area contributed by atoms with Crippen molar-refractivity contribution in [2.24, 2.45) is 0 Å². The van der Waals surface area contributed by atoms with E-state index in [-0.39, 0.29) is 5.54 Å². The number of nitrogens with zero attached hydrogens (tertiary/aromatic N) is 2. The van der Waals surface area contributed by atoms with Crippen molar-refractivity contribution in [1.29, 1.82) is 0 Å². The first-order valence-electron chi connectivity index (χ1n) is 3.64. The minimum atomic E-state index is 0.105. The van der Waals surface area contributed by atoms with E-state index in [1.165, 1.54) is 0 Å². The Morgan fingerprint density at radius 1 is 1.45 bits per heavy atom. The summed E-state index contributed by atoms with van der Waals surface area (Å²) in [7, 11) is 0. The lowest BCUT2D eigenvalue weighted by Crippen LogP contribution is -2.22. The van der Waals surface area contributed by atoms with Gasteiger partial charge in [-0.15, -0.1) is 11.8 Å². The molecule has 0 fully saturated rings. The van der Waals surface area contributed by atoms with Crippen molar-refractivity contribution < 1.29 is 0 Å². The van der Waals surface area contributed by atoms with Gasteiger partial charge in [-0.3, -0.25) is 4.68 Å². The SMILES string of the molecule is CSc1ccn(C(C)(C)C)n1. The van der Waals surface area contributed by atoms with Crippen LogP contribution in [0.5, 0.6) is 0 Å². The van der Waals surface area contributed by atoms with Crippen molar-refractivity contribution >= 4 is 11.8 Å². The van der Waals surface area contributed by atoms with Crippen molar-refractivity contribution in [3.63, 3.8) is 0 Å². The molecule has 11 heavy (non-hydrogen) atoms. The zero-order chi connectivity index (χ0) is 8.48. The lowest BCUT2D eigenvalue weighted by molar-refractivity contribution is 0.350. The van der Waals surface area contributed by atoms with Gasteiger partial charge in [0, 0.05) is 6.20 Å². The molecule has 3 heteroatoms. The van der Waals surface area contributed by atoms with Gasteiger partial charge in [0.25, 0.3) is 0 Å². The predicted molar refractivity (Wildman–Crippen MR) is 49.0 cm³/mol. The molecular weight excluding hydrogens is 156 g/mol. The lowest BCUT2D eigenvalue weighted by Gasteiger charge is -2.18. The van der Waals surface area contributed by atoms with Gasteiger partial charge in [0.2, 0.25) is 0 Å². The summed E-state index contributed by atoms with van der Waals surface area (Å²) in [4.78, 5) is 0. The summed E-state index contributed by atoms with van der Waals surface area (Å²) in [6, 6.07) is 2.04. The highest BCUT2D eigenvalue weighted by molar-refractivity contribution is 7.98. The highest BCUT2D eigenvalue weighted by atomic mass is 32.2. The van der Waals surface area contributed by atoms with Crippen LogP contribution < -0.4 is 0 Å². The lowest BCUT2D eigenvalue weighted by atomic mass is 10.1. The summed E-state index contributed by atoms with van der Waals surface area (Å²) in [5.74, 6) is 0. The molecule has 0 unspecified atom stereocenters. The average Bonchev–Trinajstić information content (AvgIpc) is 2.32. The zero-order valence-electron chi connectivity index (χ0n) is 7.46. The topological polar surface area (TPSA) is 17.8 Å². The molecule has 1 aromatic heterocycles. The van der Waals surface area contributed by atoms with Crippen molar-refractivity contribution in [2.45, 2.75) is 31.3 Å². The molecule has 62 valence electrons.